The zero-order valence-corrected chi connectivity index (χ0v) is 12.4. The summed E-state index contributed by atoms with van der Waals surface area (Å²) in [5.74, 6) is 0.406. The Morgan fingerprint density at radius 3 is 2.67 bits per heavy atom. The van der Waals surface area contributed by atoms with Crippen LogP contribution in [0.15, 0.2) is 36.7 Å². The first-order chi connectivity index (χ1) is 10.2. The first kappa shape index (κ1) is 15.0. The Labute approximate surface area is 124 Å². The van der Waals surface area contributed by atoms with Gasteiger partial charge in [0.25, 0.3) is 5.91 Å². The molecule has 0 atom stereocenters. The predicted octanol–water partition coefficient (Wildman–Crippen LogP) is 2.54. The smallest absolute Gasteiger partial charge is 0.271 e. The number of benzene rings is 1. The first-order valence-corrected chi connectivity index (χ1v) is 7.08. The number of amides is 1. The standard InChI is InChI=1S/C16H20N4O/c1-3-8-18-15-11-17-10-14(20-15)16(21)19-9-13-6-4-12(2)5-7-13/h4-7,10-11H,3,8-9H2,1-2H3,(H,18,20)(H,19,21). The SMILES string of the molecule is CCCNc1cncc(C(=O)NCc2ccc(C)cc2)n1. The number of nitrogens with zero attached hydrogens (tertiary/aromatic N) is 2. The summed E-state index contributed by atoms with van der Waals surface area (Å²) < 4.78 is 0. The van der Waals surface area contributed by atoms with E-state index < -0.39 is 0 Å². The second-order valence-corrected chi connectivity index (χ2v) is 4.88. The largest absolute Gasteiger partial charge is 0.369 e. The van der Waals surface area contributed by atoms with E-state index in [1.165, 1.54) is 11.8 Å². The molecule has 0 saturated heterocycles. The van der Waals surface area contributed by atoms with Crippen molar-refractivity contribution in [1.29, 1.82) is 0 Å². The van der Waals surface area contributed by atoms with Crippen LogP contribution in [0.3, 0.4) is 0 Å². The highest BCUT2D eigenvalue weighted by Crippen LogP contribution is 2.05. The molecule has 0 bridgehead atoms. The summed E-state index contributed by atoms with van der Waals surface area (Å²) in [6.45, 7) is 5.39. The number of rotatable bonds is 6. The molecule has 0 aliphatic rings. The van der Waals surface area contributed by atoms with Gasteiger partial charge in [-0.05, 0) is 18.9 Å². The average molecular weight is 284 g/mol. The second-order valence-electron chi connectivity index (χ2n) is 4.88. The van der Waals surface area contributed by atoms with Crippen molar-refractivity contribution in [3.05, 3.63) is 53.5 Å². The van der Waals surface area contributed by atoms with Crippen molar-refractivity contribution in [2.45, 2.75) is 26.8 Å². The lowest BCUT2D eigenvalue weighted by atomic mass is 10.1. The van der Waals surface area contributed by atoms with Crippen LogP contribution in [-0.4, -0.2) is 22.4 Å². The number of carbonyl (C=O) groups excluding carboxylic acids is 1. The first-order valence-electron chi connectivity index (χ1n) is 7.08. The zero-order chi connectivity index (χ0) is 15.1. The molecule has 2 N–H and O–H groups in total. The molecular weight excluding hydrogens is 264 g/mol. The van der Waals surface area contributed by atoms with Crippen molar-refractivity contribution in [2.75, 3.05) is 11.9 Å². The quantitative estimate of drug-likeness (QED) is 0.855. The molecule has 5 nitrogen and oxygen atoms in total. The number of aryl methyl sites for hydroxylation is 1. The summed E-state index contributed by atoms with van der Waals surface area (Å²) in [7, 11) is 0. The fourth-order valence-electron chi connectivity index (χ4n) is 1.79. The van der Waals surface area contributed by atoms with Gasteiger partial charge in [0.2, 0.25) is 0 Å². The Hall–Kier alpha value is -2.43. The summed E-state index contributed by atoms with van der Waals surface area (Å²) >= 11 is 0. The summed E-state index contributed by atoms with van der Waals surface area (Å²) in [5, 5.41) is 5.96. The van der Waals surface area contributed by atoms with Gasteiger partial charge >= 0.3 is 0 Å². The minimum absolute atomic E-state index is 0.219. The molecule has 0 unspecified atom stereocenters. The Morgan fingerprint density at radius 2 is 1.95 bits per heavy atom. The molecule has 110 valence electrons. The highest BCUT2D eigenvalue weighted by Gasteiger charge is 2.08. The van der Waals surface area contributed by atoms with Gasteiger partial charge in [-0.1, -0.05) is 36.8 Å². The predicted molar refractivity (Wildman–Crippen MR) is 83.2 cm³/mol. The third-order valence-corrected chi connectivity index (χ3v) is 3.00. The Bertz CT molecular complexity index is 595. The van der Waals surface area contributed by atoms with Gasteiger partial charge in [-0.25, -0.2) is 4.98 Å². The lowest BCUT2D eigenvalue weighted by Crippen LogP contribution is -2.24. The van der Waals surface area contributed by atoms with E-state index in [1.807, 2.05) is 31.2 Å². The molecule has 1 amide bonds. The second kappa shape index (κ2) is 7.38. The average Bonchev–Trinajstić information content (AvgIpc) is 2.52. The molecule has 0 aliphatic carbocycles. The maximum Gasteiger partial charge on any atom is 0.271 e. The van der Waals surface area contributed by atoms with Crippen LogP contribution < -0.4 is 10.6 Å². The highest BCUT2D eigenvalue weighted by molar-refractivity contribution is 5.92. The number of carbonyl (C=O) groups is 1. The van der Waals surface area contributed by atoms with Crippen molar-refractivity contribution in [3.63, 3.8) is 0 Å². The molecular formula is C16H20N4O. The molecule has 1 aromatic carbocycles. The van der Waals surface area contributed by atoms with E-state index in [1.54, 1.807) is 6.20 Å². The molecule has 0 saturated carbocycles. The molecule has 21 heavy (non-hydrogen) atoms. The van der Waals surface area contributed by atoms with Crippen LogP contribution in [0.5, 0.6) is 0 Å². The van der Waals surface area contributed by atoms with E-state index >= 15 is 0 Å². The van der Waals surface area contributed by atoms with Gasteiger partial charge in [0.05, 0.1) is 12.4 Å². The number of aromatic nitrogens is 2. The zero-order valence-electron chi connectivity index (χ0n) is 12.4. The van der Waals surface area contributed by atoms with Gasteiger partial charge in [0.1, 0.15) is 11.5 Å². The topological polar surface area (TPSA) is 66.9 Å². The van der Waals surface area contributed by atoms with E-state index in [0.717, 1.165) is 18.5 Å². The Morgan fingerprint density at radius 1 is 1.19 bits per heavy atom. The lowest BCUT2D eigenvalue weighted by molar-refractivity contribution is 0.0945. The number of hydrogen-bond donors (Lipinski definition) is 2. The summed E-state index contributed by atoms with van der Waals surface area (Å²) in [6, 6.07) is 8.05. The van der Waals surface area contributed by atoms with Crippen LogP contribution in [0.25, 0.3) is 0 Å². The maximum absolute atomic E-state index is 12.1. The van der Waals surface area contributed by atoms with Crippen LogP contribution in [0, 0.1) is 6.92 Å². The minimum Gasteiger partial charge on any atom is -0.369 e. The monoisotopic (exact) mass is 284 g/mol. The van der Waals surface area contributed by atoms with Gasteiger partial charge in [-0.15, -0.1) is 0 Å². The third-order valence-electron chi connectivity index (χ3n) is 3.00. The summed E-state index contributed by atoms with van der Waals surface area (Å²) in [5.41, 5.74) is 2.58. The van der Waals surface area contributed by atoms with Crippen LogP contribution in [0.1, 0.15) is 35.0 Å². The van der Waals surface area contributed by atoms with Gasteiger partial charge in [-0.3, -0.25) is 9.78 Å². The van der Waals surface area contributed by atoms with E-state index in [-0.39, 0.29) is 5.91 Å². The van der Waals surface area contributed by atoms with Crippen molar-refractivity contribution in [1.82, 2.24) is 15.3 Å². The third kappa shape index (κ3) is 4.56. The van der Waals surface area contributed by atoms with Crippen LogP contribution in [-0.2, 0) is 6.54 Å². The van der Waals surface area contributed by atoms with E-state index in [9.17, 15) is 4.79 Å². The minimum atomic E-state index is -0.219. The maximum atomic E-state index is 12.1. The van der Waals surface area contributed by atoms with Crippen molar-refractivity contribution < 1.29 is 4.79 Å². The molecule has 2 aromatic rings. The fourth-order valence-corrected chi connectivity index (χ4v) is 1.79. The van der Waals surface area contributed by atoms with Crippen molar-refractivity contribution in [2.24, 2.45) is 0 Å². The molecule has 0 spiro atoms. The molecule has 1 aromatic heterocycles. The van der Waals surface area contributed by atoms with Crippen LogP contribution in [0.2, 0.25) is 0 Å². The van der Waals surface area contributed by atoms with E-state index in [0.29, 0.717) is 18.1 Å². The molecule has 5 heteroatoms. The van der Waals surface area contributed by atoms with Crippen molar-refractivity contribution in [3.8, 4) is 0 Å². The molecule has 1 heterocycles. The van der Waals surface area contributed by atoms with Gasteiger partial charge < -0.3 is 10.6 Å². The number of nitrogens with one attached hydrogen (secondary N) is 2. The normalized spacial score (nSPS) is 10.2. The van der Waals surface area contributed by atoms with Gasteiger partial charge in [0.15, 0.2) is 0 Å². The highest BCUT2D eigenvalue weighted by atomic mass is 16.1. The number of hydrogen-bond acceptors (Lipinski definition) is 4. The van der Waals surface area contributed by atoms with E-state index in [2.05, 4.69) is 27.5 Å². The van der Waals surface area contributed by atoms with Gasteiger partial charge in [0, 0.05) is 13.1 Å². The Kier molecular flexibility index (Phi) is 5.26. The van der Waals surface area contributed by atoms with E-state index in [4.69, 9.17) is 0 Å². The summed E-state index contributed by atoms with van der Waals surface area (Å²) in [4.78, 5) is 20.4. The number of anilines is 1. The van der Waals surface area contributed by atoms with Crippen LogP contribution in [0.4, 0.5) is 5.82 Å². The van der Waals surface area contributed by atoms with Crippen LogP contribution >= 0.6 is 0 Å². The fraction of sp³-hybridized carbons (Fsp3) is 0.312. The van der Waals surface area contributed by atoms with Gasteiger partial charge in [-0.2, -0.15) is 0 Å². The molecule has 0 radical (unpaired) electrons. The molecule has 0 aliphatic heterocycles. The molecule has 2 rings (SSSR count). The Balaban J connectivity index is 1.95. The lowest BCUT2D eigenvalue weighted by Gasteiger charge is -2.07. The molecule has 0 fully saturated rings. The van der Waals surface area contributed by atoms with Crippen molar-refractivity contribution >= 4 is 11.7 Å². The summed E-state index contributed by atoms with van der Waals surface area (Å²) in [6.07, 6.45) is 4.08.